The van der Waals surface area contributed by atoms with E-state index in [1.165, 1.54) is 12.1 Å². The molecule has 0 aliphatic heterocycles. The molecule has 88 valence electrons. The first-order valence-electron chi connectivity index (χ1n) is 5.30. The predicted octanol–water partition coefficient (Wildman–Crippen LogP) is 3.03. The minimum atomic E-state index is -0.338. The number of nitrogens with zero attached hydrogens (tertiary/aromatic N) is 1. The van der Waals surface area contributed by atoms with Crippen LogP contribution >= 0.6 is 0 Å². The Morgan fingerprint density at radius 1 is 1.29 bits per heavy atom. The monoisotopic (exact) mass is 232 g/mol. The van der Waals surface area contributed by atoms with Gasteiger partial charge in [0.25, 0.3) is 0 Å². The Labute approximate surface area is 99.1 Å². The molecule has 0 radical (unpaired) electrons. The molecule has 2 aromatic rings. The van der Waals surface area contributed by atoms with Crippen LogP contribution in [0.2, 0.25) is 0 Å². The number of rotatable bonds is 3. The minimum Gasteiger partial charge on any atom is -0.439 e. The third-order valence-corrected chi connectivity index (χ3v) is 2.30. The maximum Gasteiger partial charge on any atom is 0.219 e. The van der Waals surface area contributed by atoms with Gasteiger partial charge in [0.15, 0.2) is 0 Å². The SMILES string of the molecule is C[C@H](N)c1ccc(Oc2cccc(F)c2)nc1. The Morgan fingerprint density at radius 3 is 2.71 bits per heavy atom. The Kier molecular flexibility index (Phi) is 3.35. The fourth-order valence-electron chi connectivity index (χ4n) is 1.37. The number of hydrogen-bond donors (Lipinski definition) is 1. The zero-order valence-corrected chi connectivity index (χ0v) is 9.43. The van der Waals surface area contributed by atoms with Gasteiger partial charge >= 0.3 is 0 Å². The van der Waals surface area contributed by atoms with Crippen LogP contribution in [0.25, 0.3) is 0 Å². The van der Waals surface area contributed by atoms with Gasteiger partial charge in [0.05, 0.1) is 0 Å². The van der Waals surface area contributed by atoms with Gasteiger partial charge in [-0.25, -0.2) is 9.37 Å². The number of halogens is 1. The van der Waals surface area contributed by atoms with Crippen molar-refractivity contribution in [1.29, 1.82) is 0 Å². The van der Waals surface area contributed by atoms with Crippen LogP contribution in [0, 0.1) is 5.82 Å². The molecule has 0 saturated heterocycles. The average molecular weight is 232 g/mol. The fraction of sp³-hybridized carbons (Fsp3) is 0.154. The van der Waals surface area contributed by atoms with E-state index in [1.807, 2.05) is 13.0 Å². The molecule has 0 aliphatic carbocycles. The van der Waals surface area contributed by atoms with Crippen molar-refractivity contribution in [1.82, 2.24) is 4.98 Å². The summed E-state index contributed by atoms with van der Waals surface area (Å²) in [5, 5.41) is 0. The van der Waals surface area contributed by atoms with Crippen molar-refractivity contribution in [3.8, 4) is 11.6 Å². The number of pyridine rings is 1. The summed E-state index contributed by atoms with van der Waals surface area (Å²) in [6.07, 6.45) is 1.65. The standard InChI is InChI=1S/C13H13FN2O/c1-9(15)10-5-6-13(16-8-10)17-12-4-2-3-11(14)7-12/h2-9H,15H2,1H3/t9-/m0/s1. The van der Waals surface area contributed by atoms with Crippen LogP contribution in [0.15, 0.2) is 42.6 Å². The van der Waals surface area contributed by atoms with Gasteiger partial charge in [-0.3, -0.25) is 0 Å². The van der Waals surface area contributed by atoms with Gasteiger partial charge in [-0.1, -0.05) is 12.1 Å². The number of nitrogens with two attached hydrogens (primary N) is 1. The number of aromatic nitrogens is 1. The summed E-state index contributed by atoms with van der Waals surface area (Å²) in [7, 11) is 0. The van der Waals surface area contributed by atoms with E-state index in [4.69, 9.17) is 10.5 Å². The van der Waals surface area contributed by atoms with E-state index in [0.717, 1.165) is 5.56 Å². The molecule has 4 heteroatoms. The first kappa shape index (κ1) is 11.5. The molecule has 0 saturated carbocycles. The smallest absolute Gasteiger partial charge is 0.219 e. The van der Waals surface area contributed by atoms with E-state index in [9.17, 15) is 4.39 Å². The first-order chi connectivity index (χ1) is 8.15. The highest BCUT2D eigenvalue weighted by Crippen LogP contribution is 2.20. The summed E-state index contributed by atoms with van der Waals surface area (Å²) in [6, 6.07) is 9.41. The molecule has 0 fully saturated rings. The molecule has 1 atom stereocenters. The molecular formula is C13H13FN2O. The molecule has 1 heterocycles. The van der Waals surface area contributed by atoms with Crippen LogP contribution in [-0.2, 0) is 0 Å². The summed E-state index contributed by atoms with van der Waals surface area (Å²) < 4.78 is 18.3. The van der Waals surface area contributed by atoms with Crippen LogP contribution in [0.5, 0.6) is 11.6 Å². The van der Waals surface area contributed by atoms with Crippen molar-refractivity contribution >= 4 is 0 Å². The molecule has 2 rings (SSSR count). The summed E-state index contributed by atoms with van der Waals surface area (Å²) in [4.78, 5) is 4.10. The lowest BCUT2D eigenvalue weighted by Gasteiger charge is -2.07. The van der Waals surface area contributed by atoms with Gasteiger partial charge in [0.2, 0.25) is 5.88 Å². The molecule has 3 nitrogen and oxygen atoms in total. The van der Waals surface area contributed by atoms with Crippen molar-refractivity contribution in [3.63, 3.8) is 0 Å². The second-order valence-corrected chi connectivity index (χ2v) is 3.78. The largest absolute Gasteiger partial charge is 0.439 e. The Hall–Kier alpha value is -1.94. The highest BCUT2D eigenvalue weighted by atomic mass is 19.1. The van der Waals surface area contributed by atoms with Crippen LogP contribution in [-0.4, -0.2) is 4.98 Å². The van der Waals surface area contributed by atoms with Gasteiger partial charge in [-0.2, -0.15) is 0 Å². The maximum absolute atomic E-state index is 12.9. The van der Waals surface area contributed by atoms with Gasteiger partial charge in [0, 0.05) is 24.4 Å². The van der Waals surface area contributed by atoms with Crippen molar-refractivity contribution in [2.24, 2.45) is 5.73 Å². The second kappa shape index (κ2) is 4.93. The number of hydrogen-bond acceptors (Lipinski definition) is 3. The molecule has 2 N–H and O–H groups in total. The molecule has 0 aliphatic rings. The lowest BCUT2D eigenvalue weighted by atomic mass is 10.2. The van der Waals surface area contributed by atoms with E-state index in [2.05, 4.69) is 4.98 Å². The van der Waals surface area contributed by atoms with Crippen LogP contribution in [0.3, 0.4) is 0 Å². The van der Waals surface area contributed by atoms with Crippen molar-refractivity contribution in [3.05, 3.63) is 54.0 Å². The van der Waals surface area contributed by atoms with E-state index >= 15 is 0 Å². The first-order valence-corrected chi connectivity index (χ1v) is 5.30. The minimum absolute atomic E-state index is 0.0641. The predicted molar refractivity (Wildman–Crippen MR) is 63.3 cm³/mol. The molecule has 0 bridgehead atoms. The topological polar surface area (TPSA) is 48.1 Å². The molecule has 1 aromatic carbocycles. The molecule has 1 aromatic heterocycles. The van der Waals surface area contributed by atoms with E-state index in [-0.39, 0.29) is 11.9 Å². The van der Waals surface area contributed by atoms with Crippen molar-refractivity contribution in [2.75, 3.05) is 0 Å². The Balaban J connectivity index is 2.14. The Morgan fingerprint density at radius 2 is 2.12 bits per heavy atom. The number of ether oxygens (including phenoxy) is 1. The lowest BCUT2D eigenvalue weighted by molar-refractivity contribution is 0.457. The Bertz CT molecular complexity index is 497. The van der Waals surface area contributed by atoms with Gasteiger partial charge in [-0.05, 0) is 24.6 Å². The summed E-state index contributed by atoms with van der Waals surface area (Å²) >= 11 is 0. The number of benzene rings is 1. The van der Waals surface area contributed by atoms with Crippen molar-refractivity contribution in [2.45, 2.75) is 13.0 Å². The highest BCUT2D eigenvalue weighted by molar-refractivity contribution is 5.28. The normalized spacial score (nSPS) is 12.2. The zero-order chi connectivity index (χ0) is 12.3. The average Bonchev–Trinajstić information content (AvgIpc) is 2.29. The zero-order valence-electron chi connectivity index (χ0n) is 9.43. The van der Waals surface area contributed by atoms with Crippen molar-refractivity contribution < 1.29 is 9.13 Å². The molecule has 0 spiro atoms. The van der Waals surface area contributed by atoms with Crippen LogP contribution in [0.1, 0.15) is 18.5 Å². The molecule has 17 heavy (non-hydrogen) atoms. The highest BCUT2D eigenvalue weighted by Gasteiger charge is 2.02. The fourth-order valence-corrected chi connectivity index (χ4v) is 1.37. The lowest BCUT2D eigenvalue weighted by Crippen LogP contribution is -2.05. The quantitative estimate of drug-likeness (QED) is 0.884. The van der Waals surface area contributed by atoms with Gasteiger partial charge < -0.3 is 10.5 Å². The van der Waals surface area contributed by atoms with E-state index < -0.39 is 0 Å². The molecular weight excluding hydrogens is 219 g/mol. The molecule has 0 amide bonds. The van der Waals surface area contributed by atoms with Gasteiger partial charge in [-0.15, -0.1) is 0 Å². The van der Waals surface area contributed by atoms with E-state index in [0.29, 0.717) is 11.6 Å². The summed E-state index contributed by atoms with van der Waals surface area (Å²) in [5.41, 5.74) is 6.63. The summed E-state index contributed by atoms with van der Waals surface area (Å²) in [5.74, 6) is 0.501. The second-order valence-electron chi connectivity index (χ2n) is 3.78. The molecule has 0 unspecified atom stereocenters. The third-order valence-electron chi connectivity index (χ3n) is 2.30. The maximum atomic E-state index is 12.9. The van der Waals surface area contributed by atoms with Gasteiger partial charge in [0.1, 0.15) is 11.6 Å². The summed E-state index contributed by atoms with van der Waals surface area (Å²) in [6.45, 7) is 1.88. The third kappa shape index (κ3) is 3.01. The van der Waals surface area contributed by atoms with E-state index in [1.54, 1.807) is 24.4 Å². The van der Waals surface area contributed by atoms with Crippen LogP contribution < -0.4 is 10.5 Å². The van der Waals surface area contributed by atoms with Crippen LogP contribution in [0.4, 0.5) is 4.39 Å².